The summed E-state index contributed by atoms with van der Waals surface area (Å²) in [5, 5.41) is 5.71. The zero-order valence-electron chi connectivity index (χ0n) is 12.6. The number of hydrogen-bond donors (Lipinski definition) is 2. The Morgan fingerprint density at radius 3 is 2.52 bits per heavy atom. The maximum absolute atomic E-state index is 12.0. The van der Waals surface area contributed by atoms with Crippen LogP contribution in [0.4, 0.5) is 0 Å². The Kier molecular flexibility index (Phi) is 5.59. The summed E-state index contributed by atoms with van der Waals surface area (Å²) < 4.78 is 0. The van der Waals surface area contributed by atoms with E-state index in [0.717, 1.165) is 39.0 Å². The van der Waals surface area contributed by atoms with Gasteiger partial charge < -0.3 is 10.6 Å². The molecule has 2 fully saturated rings. The van der Waals surface area contributed by atoms with Gasteiger partial charge in [0.1, 0.15) is 0 Å². The van der Waals surface area contributed by atoms with Crippen molar-refractivity contribution in [1.29, 1.82) is 0 Å². The second-order valence-electron chi connectivity index (χ2n) is 5.75. The van der Waals surface area contributed by atoms with Crippen LogP contribution in [0.2, 0.25) is 0 Å². The molecule has 1 saturated heterocycles. The Hall–Kier alpha value is -1.58. The van der Waals surface area contributed by atoms with E-state index in [-0.39, 0.29) is 24.4 Å². The zero-order valence-corrected chi connectivity index (χ0v) is 12.6. The molecule has 6 nitrogen and oxygen atoms in total. The van der Waals surface area contributed by atoms with Crippen LogP contribution in [-0.2, 0) is 9.59 Å². The first-order valence-corrected chi connectivity index (χ1v) is 7.57. The van der Waals surface area contributed by atoms with Crippen molar-refractivity contribution in [1.82, 2.24) is 20.4 Å². The van der Waals surface area contributed by atoms with Crippen LogP contribution in [0.3, 0.4) is 0 Å². The van der Waals surface area contributed by atoms with E-state index in [1.54, 1.807) is 0 Å². The SMILES string of the molecule is C#CCNC(=O)CN1CCN([C@H](C)C(=O)NC2CC2)CC1. The first-order valence-electron chi connectivity index (χ1n) is 7.57. The second-order valence-corrected chi connectivity index (χ2v) is 5.75. The summed E-state index contributed by atoms with van der Waals surface area (Å²) in [6.07, 6.45) is 7.33. The van der Waals surface area contributed by atoms with Crippen LogP contribution in [0.15, 0.2) is 0 Å². The lowest BCUT2D eigenvalue weighted by Gasteiger charge is -2.37. The monoisotopic (exact) mass is 292 g/mol. The Bertz CT molecular complexity index is 420. The predicted molar refractivity (Wildman–Crippen MR) is 80.5 cm³/mol. The lowest BCUT2D eigenvalue weighted by molar-refractivity contribution is -0.128. The number of hydrogen-bond acceptors (Lipinski definition) is 4. The van der Waals surface area contributed by atoms with Gasteiger partial charge in [0, 0.05) is 32.2 Å². The van der Waals surface area contributed by atoms with Gasteiger partial charge in [-0.05, 0) is 19.8 Å². The molecule has 0 radical (unpaired) electrons. The minimum atomic E-state index is -0.0944. The van der Waals surface area contributed by atoms with Crippen molar-refractivity contribution >= 4 is 11.8 Å². The fourth-order valence-corrected chi connectivity index (χ4v) is 2.43. The Labute approximate surface area is 126 Å². The number of carbonyl (C=O) groups excluding carboxylic acids is 2. The van der Waals surface area contributed by atoms with Crippen LogP contribution in [0.5, 0.6) is 0 Å². The topological polar surface area (TPSA) is 64.7 Å². The number of nitrogens with zero attached hydrogens (tertiary/aromatic N) is 2. The van der Waals surface area contributed by atoms with Crippen molar-refractivity contribution in [3.63, 3.8) is 0 Å². The highest BCUT2D eigenvalue weighted by molar-refractivity contribution is 5.82. The standard InChI is InChI=1S/C15H24N4O2/c1-3-6-16-14(20)11-18-7-9-19(10-8-18)12(2)15(21)17-13-4-5-13/h1,12-13H,4-11H2,2H3,(H,16,20)(H,17,21)/t12-/m1/s1. The average molecular weight is 292 g/mol. The molecule has 21 heavy (non-hydrogen) atoms. The number of amides is 2. The van der Waals surface area contributed by atoms with E-state index in [2.05, 4.69) is 26.4 Å². The molecule has 0 spiro atoms. The van der Waals surface area contributed by atoms with Crippen LogP contribution in [0.1, 0.15) is 19.8 Å². The lowest BCUT2D eigenvalue weighted by Crippen LogP contribution is -2.55. The highest BCUT2D eigenvalue weighted by Gasteiger charge is 2.30. The van der Waals surface area contributed by atoms with Crippen molar-refractivity contribution in [2.24, 2.45) is 0 Å². The van der Waals surface area contributed by atoms with Gasteiger partial charge >= 0.3 is 0 Å². The van der Waals surface area contributed by atoms with Gasteiger partial charge in [0.25, 0.3) is 0 Å². The molecule has 1 heterocycles. The molecule has 0 bridgehead atoms. The number of piperazine rings is 1. The Morgan fingerprint density at radius 2 is 1.95 bits per heavy atom. The summed E-state index contributed by atoms with van der Waals surface area (Å²) in [4.78, 5) is 27.9. The Balaban J connectivity index is 1.68. The van der Waals surface area contributed by atoms with Gasteiger partial charge in [-0.3, -0.25) is 19.4 Å². The molecule has 2 N–H and O–H groups in total. The summed E-state index contributed by atoms with van der Waals surface area (Å²) in [5.41, 5.74) is 0. The molecule has 1 atom stereocenters. The molecule has 0 aromatic carbocycles. The summed E-state index contributed by atoms with van der Waals surface area (Å²) in [6.45, 7) is 5.81. The van der Waals surface area contributed by atoms with Gasteiger partial charge in [0.2, 0.25) is 11.8 Å². The quantitative estimate of drug-likeness (QED) is 0.618. The fraction of sp³-hybridized carbons (Fsp3) is 0.733. The minimum Gasteiger partial charge on any atom is -0.352 e. The van der Waals surface area contributed by atoms with Crippen molar-refractivity contribution in [3.8, 4) is 12.3 Å². The maximum atomic E-state index is 12.0. The summed E-state index contributed by atoms with van der Waals surface area (Å²) >= 11 is 0. The third kappa shape index (κ3) is 5.03. The molecule has 1 saturated carbocycles. The van der Waals surface area contributed by atoms with Crippen molar-refractivity contribution < 1.29 is 9.59 Å². The highest BCUT2D eigenvalue weighted by Crippen LogP contribution is 2.19. The highest BCUT2D eigenvalue weighted by atomic mass is 16.2. The molecule has 2 rings (SSSR count). The molecule has 1 aliphatic carbocycles. The number of carbonyl (C=O) groups is 2. The van der Waals surface area contributed by atoms with E-state index in [9.17, 15) is 9.59 Å². The zero-order chi connectivity index (χ0) is 15.2. The predicted octanol–water partition coefficient (Wildman–Crippen LogP) is -0.979. The summed E-state index contributed by atoms with van der Waals surface area (Å²) in [6, 6.07) is 0.309. The van der Waals surface area contributed by atoms with E-state index in [0.29, 0.717) is 12.6 Å². The first-order chi connectivity index (χ1) is 10.1. The molecular weight excluding hydrogens is 268 g/mol. The molecule has 0 unspecified atom stereocenters. The average Bonchev–Trinajstić information content (AvgIpc) is 3.29. The van der Waals surface area contributed by atoms with Gasteiger partial charge in [0.15, 0.2) is 0 Å². The third-order valence-electron chi connectivity index (χ3n) is 4.01. The molecule has 0 aromatic heterocycles. The number of nitrogens with one attached hydrogen (secondary N) is 2. The van der Waals surface area contributed by atoms with Crippen LogP contribution >= 0.6 is 0 Å². The third-order valence-corrected chi connectivity index (χ3v) is 4.01. The molecule has 116 valence electrons. The molecule has 2 amide bonds. The second kappa shape index (κ2) is 7.43. The smallest absolute Gasteiger partial charge is 0.237 e. The van der Waals surface area contributed by atoms with E-state index >= 15 is 0 Å². The maximum Gasteiger partial charge on any atom is 0.237 e. The van der Waals surface area contributed by atoms with E-state index in [1.165, 1.54) is 0 Å². The van der Waals surface area contributed by atoms with Crippen LogP contribution < -0.4 is 10.6 Å². The number of terminal acetylenes is 1. The van der Waals surface area contributed by atoms with Crippen molar-refractivity contribution in [2.45, 2.75) is 31.8 Å². The van der Waals surface area contributed by atoms with Crippen LogP contribution in [-0.4, -0.2) is 73.0 Å². The van der Waals surface area contributed by atoms with Crippen molar-refractivity contribution in [3.05, 3.63) is 0 Å². The molecule has 6 heteroatoms. The molecule has 1 aliphatic heterocycles. The molecular formula is C15H24N4O2. The van der Waals surface area contributed by atoms with E-state index < -0.39 is 0 Å². The molecule has 0 aromatic rings. The lowest BCUT2D eigenvalue weighted by atomic mass is 10.2. The van der Waals surface area contributed by atoms with Gasteiger partial charge in [0.05, 0.1) is 19.1 Å². The van der Waals surface area contributed by atoms with E-state index in [1.807, 2.05) is 6.92 Å². The fourth-order valence-electron chi connectivity index (χ4n) is 2.43. The summed E-state index contributed by atoms with van der Waals surface area (Å²) in [5.74, 6) is 2.47. The minimum absolute atomic E-state index is 0.0408. The van der Waals surface area contributed by atoms with Gasteiger partial charge in [-0.25, -0.2) is 0 Å². The van der Waals surface area contributed by atoms with Gasteiger partial charge in [-0.2, -0.15) is 0 Å². The van der Waals surface area contributed by atoms with Gasteiger partial charge in [-0.15, -0.1) is 6.42 Å². The first kappa shape index (κ1) is 15.8. The number of rotatable bonds is 6. The van der Waals surface area contributed by atoms with Gasteiger partial charge in [-0.1, -0.05) is 5.92 Å². The largest absolute Gasteiger partial charge is 0.352 e. The van der Waals surface area contributed by atoms with E-state index in [4.69, 9.17) is 6.42 Å². The van der Waals surface area contributed by atoms with Crippen LogP contribution in [0, 0.1) is 12.3 Å². The van der Waals surface area contributed by atoms with Crippen molar-refractivity contribution in [2.75, 3.05) is 39.3 Å². The normalized spacial score (nSPS) is 21.3. The van der Waals surface area contributed by atoms with Crippen LogP contribution in [0.25, 0.3) is 0 Å². The summed E-state index contributed by atoms with van der Waals surface area (Å²) in [7, 11) is 0. The molecule has 2 aliphatic rings. The Morgan fingerprint density at radius 1 is 1.29 bits per heavy atom.